The van der Waals surface area contributed by atoms with Gasteiger partial charge in [0.1, 0.15) is 0 Å². The molecule has 0 saturated heterocycles. The van der Waals surface area contributed by atoms with Crippen LogP contribution in [0.3, 0.4) is 0 Å². The molecule has 0 spiro atoms. The molecule has 2 rings (SSSR count). The number of aryl methyl sites for hydroxylation is 1. The summed E-state index contributed by atoms with van der Waals surface area (Å²) in [7, 11) is 1.93. The van der Waals surface area contributed by atoms with Crippen LogP contribution < -0.4 is 5.32 Å². The Labute approximate surface area is 98.3 Å². The van der Waals surface area contributed by atoms with E-state index in [0.29, 0.717) is 0 Å². The number of nitrogens with one attached hydrogen (secondary N) is 1. The Morgan fingerprint density at radius 3 is 2.81 bits per heavy atom. The van der Waals surface area contributed by atoms with Gasteiger partial charge in [-0.05, 0) is 18.3 Å². The highest BCUT2D eigenvalue weighted by Crippen LogP contribution is 2.30. The van der Waals surface area contributed by atoms with Gasteiger partial charge in [0.15, 0.2) is 0 Å². The Hall–Kier alpha value is -0.990. The first-order valence-corrected chi connectivity index (χ1v) is 6.48. The summed E-state index contributed by atoms with van der Waals surface area (Å²) in [5, 5.41) is 3.12. The van der Waals surface area contributed by atoms with Gasteiger partial charge in [-0.2, -0.15) is 0 Å². The van der Waals surface area contributed by atoms with E-state index in [9.17, 15) is 0 Å². The van der Waals surface area contributed by atoms with Gasteiger partial charge in [0.05, 0.1) is 0 Å². The fraction of sp³-hybridized carbons (Fsp3) is 0.769. The zero-order chi connectivity index (χ0) is 11.4. The van der Waals surface area contributed by atoms with Gasteiger partial charge in [0.25, 0.3) is 0 Å². The van der Waals surface area contributed by atoms with Crippen molar-refractivity contribution in [3.05, 3.63) is 12.4 Å². The summed E-state index contributed by atoms with van der Waals surface area (Å²) in [5.41, 5.74) is 0. The minimum Gasteiger partial charge on any atom is -0.359 e. The second kappa shape index (κ2) is 5.37. The van der Waals surface area contributed by atoms with Gasteiger partial charge in [-0.3, -0.25) is 0 Å². The molecule has 0 amide bonds. The topological polar surface area (TPSA) is 29.9 Å². The third-order valence-corrected chi connectivity index (χ3v) is 3.85. The van der Waals surface area contributed by atoms with E-state index in [-0.39, 0.29) is 0 Å². The van der Waals surface area contributed by atoms with Gasteiger partial charge in [-0.1, -0.05) is 32.6 Å². The van der Waals surface area contributed by atoms with Crippen molar-refractivity contribution >= 4 is 5.95 Å². The van der Waals surface area contributed by atoms with Gasteiger partial charge < -0.3 is 9.88 Å². The molecule has 90 valence electrons. The number of imidazole rings is 1. The van der Waals surface area contributed by atoms with Crippen LogP contribution in [0, 0.1) is 11.8 Å². The normalized spacial score (nSPS) is 25.6. The van der Waals surface area contributed by atoms with Gasteiger partial charge >= 0.3 is 0 Å². The summed E-state index contributed by atoms with van der Waals surface area (Å²) in [4.78, 5) is 4.26. The summed E-state index contributed by atoms with van der Waals surface area (Å²) in [6.45, 7) is 3.49. The molecule has 3 nitrogen and oxygen atoms in total. The van der Waals surface area contributed by atoms with E-state index in [1.165, 1.54) is 32.1 Å². The van der Waals surface area contributed by atoms with Crippen molar-refractivity contribution in [3.63, 3.8) is 0 Å². The minimum atomic E-state index is 0.934. The highest BCUT2D eigenvalue weighted by molar-refractivity contribution is 5.23. The quantitative estimate of drug-likeness (QED) is 0.846. The first-order valence-electron chi connectivity index (χ1n) is 6.48. The lowest BCUT2D eigenvalue weighted by atomic mass is 9.81. The largest absolute Gasteiger partial charge is 0.359 e. The van der Waals surface area contributed by atoms with Crippen molar-refractivity contribution in [3.8, 4) is 0 Å². The van der Waals surface area contributed by atoms with E-state index in [1.54, 1.807) is 0 Å². The maximum Gasteiger partial charge on any atom is 0.202 e. The van der Waals surface area contributed by atoms with Crippen LogP contribution in [0.15, 0.2) is 12.4 Å². The fourth-order valence-corrected chi connectivity index (χ4v) is 2.66. The van der Waals surface area contributed by atoms with Crippen LogP contribution in [0.25, 0.3) is 0 Å². The number of anilines is 1. The van der Waals surface area contributed by atoms with Crippen LogP contribution in [0.4, 0.5) is 5.95 Å². The summed E-state index contributed by atoms with van der Waals surface area (Å²) in [6.07, 6.45) is 10.9. The lowest BCUT2D eigenvalue weighted by molar-refractivity contribution is 0.269. The summed E-state index contributed by atoms with van der Waals surface area (Å²) in [6, 6.07) is 0. The maximum atomic E-state index is 4.26. The van der Waals surface area contributed by atoms with E-state index in [1.807, 2.05) is 13.2 Å². The molecule has 16 heavy (non-hydrogen) atoms. The van der Waals surface area contributed by atoms with Crippen LogP contribution in [0.2, 0.25) is 0 Å². The minimum absolute atomic E-state index is 0.934. The van der Waals surface area contributed by atoms with Crippen LogP contribution in [-0.4, -0.2) is 16.6 Å². The molecule has 1 aliphatic rings. The van der Waals surface area contributed by atoms with Crippen molar-refractivity contribution in [1.82, 2.24) is 9.55 Å². The lowest BCUT2D eigenvalue weighted by Gasteiger charge is -2.26. The average molecular weight is 221 g/mol. The number of rotatable bonds is 4. The van der Waals surface area contributed by atoms with Crippen LogP contribution in [0.5, 0.6) is 0 Å². The highest BCUT2D eigenvalue weighted by Gasteiger charge is 2.18. The van der Waals surface area contributed by atoms with Gasteiger partial charge in [0, 0.05) is 26.0 Å². The van der Waals surface area contributed by atoms with E-state index < -0.39 is 0 Å². The van der Waals surface area contributed by atoms with Crippen LogP contribution in [0.1, 0.15) is 39.0 Å². The molecule has 0 aliphatic heterocycles. The molecule has 0 unspecified atom stereocenters. The predicted octanol–water partition coefficient (Wildman–Crippen LogP) is 3.14. The SMILES string of the molecule is CNc1nccn1CCC1CCC(C)CC1. The standard InChI is InChI=1S/C13H23N3/c1-11-3-5-12(6-4-11)7-9-16-10-8-15-13(16)14-2/h8,10-12H,3-7,9H2,1-2H3,(H,14,15). The average Bonchev–Trinajstić information content (AvgIpc) is 2.76. The zero-order valence-corrected chi connectivity index (χ0v) is 10.4. The van der Waals surface area contributed by atoms with Crippen molar-refractivity contribution in [2.24, 2.45) is 11.8 Å². The van der Waals surface area contributed by atoms with Gasteiger partial charge in [-0.15, -0.1) is 0 Å². The number of aromatic nitrogens is 2. The molecular weight excluding hydrogens is 198 g/mol. The Morgan fingerprint density at radius 2 is 2.12 bits per heavy atom. The first kappa shape index (κ1) is 11.5. The van der Waals surface area contributed by atoms with Crippen LogP contribution in [-0.2, 0) is 6.54 Å². The molecule has 1 aromatic rings. The third kappa shape index (κ3) is 2.77. The third-order valence-electron chi connectivity index (χ3n) is 3.85. The molecular formula is C13H23N3. The lowest BCUT2D eigenvalue weighted by Crippen LogP contribution is -2.14. The molecule has 0 bridgehead atoms. The molecule has 3 heteroatoms. The fourth-order valence-electron chi connectivity index (χ4n) is 2.66. The molecule has 0 aromatic carbocycles. The summed E-state index contributed by atoms with van der Waals surface area (Å²) in [5.74, 6) is 2.88. The van der Waals surface area contributed by atoms with E-state index in [2.05, 4.69) is 28.0 Å². The summed E-state index contributed by atoms with van der Waals surface area (Å²) >= 11 is 0. The van der Waals surface area contributed by atoms with Crippen molar-refractivity contribution in [2.75, 3.05) is 12.4 Å². The Morgan fingerprint density at radius 1 is 1.38 bits per heavy atom. The monoisotopic (exact) mass is 221 g/mol. The summed E-state index contributed by atoms with van der Waals surface area (Å²) < 4.78 is 2.22. The Balaban J connectivity index is 1.79. The smallest absolute Gasteiger partial charge is 0.202 e. The highest BCUT2D eigenvalue weighted by atomic mass is 15.2. The van der Waals surface area contributed by atoms with E-state index >= 15 is 0 Å². The molecule has 1 saturated carbocycles. The maximum absolute atomic E-state index is 4.26. The predicted molar refractivity (Wildman–Crippen MR) is 67.5 cm³/mol. The second-order valence-electron chi connectivity index (χ2n) is 5.11. The van der Waals surface area contributed by atoms with Crippen molar-refractivity contribution < 1.29 is 0 Å². The Kier molecular flexibility index (Phi) is 3.86. The van der Waals surface area contributed by atoms with Crippen LogP contribution >= 0.6 is 0 Å². The zero-order valence-electron chi connectivity index (χ0n) is 10.4. The van der Waals surface area contributed by atoms with Crippen molar-refractivity contribution in [2.45, 2.75) is 45.6 Å². The molecule has 1 aliphatic carbocycles. The second-order valence-corrected chi connectivity index (χ2v) is 5.11. The molecule has 0 radical (unpaired) electrons. The number of hydrogen-bond donors (Lipinski definition) is 1. The Bertz CT molecular complexity index is 311. The molecule has 1 fully saturated rings. The first-order chi connectivity index (χ1) is 7.79. The molecule has 1 aromatic heterocycles. The van der Waals surface area contributed by atoms with E-state index in [4.69, 9.17) is 0 Å². The molecule has 1 heterocycles. The van der Waals surface area contributed by atoms with Gasteiger partial charge in [0.2, 0.25) is 5.95 Å². The molecule has 1 N–H and O–H groups in total. The van der Waals surface area contributed by atoms with Gasteiger partial charge in [-0.25, -0.2) is 4.98 Å². The number of hydrogen-bond acceptors (Lipinski definition) is 2. The van der Waals surface area contributed by atoms with E-state index in [0.717, 1.165) is 24.3 Å². The molecule has 0 atom stereocenters. The number of nitrogens with zero attached hydrogens (tertiary/aromatic N) is 2. The van der Waals surface area contributed by atoms with Crippen molar-refractivity contribution in [1.29, 1.82) is 0 Å².